The van der Waals surface area contributed by atoms with Crippen molar-refractivity contribution >= 4 is 46.2 Å². The Kier molecular flexibility index (Phi) is 7.26. The van der Waals surface area contributed by atoms with Gasteiger partial charge in [0.25, 0.3) is 5.56 Å². The molecule has 3 amide bonds. The molecule has 146 valence electrons. The summed E-state index contributed by atoms with van der Waals surface area (Å²) in [6.45, 7) is 8.31. The number of halogens is 1. The number of carbonyl (C=O) groups excluding carboxylic acids is 2. The van der Waals surface area contributed by atoms with Crippen LogP contribution in [-0.2, 0) is 11.3 Å². The molecule has 0 bridgehead atoms. The Labute approximate surface area is 166 Å². The van der Waals surface area contributed by atoms with Crippen LogP contribution in [0.4, 0.5) is 4.79 Å². The molecule has 1 aromatic carbocycles. The first kappa shape index (κ1) is 21.2. The number of benzene rings is 1. The van der Waals surface area contributed by atoms with Crippen molar-refractivity contribution in [3.05, 3.63) is 33.6 Å². The fraction of sp³-hybridized carbons (Fsp3) is 0.444. The number of urea groups is 1. The maximum absolute atomic E-state index is 12.9. The van der Waals surface area contributed by atoms with E-state index in [4.69, 9.17) is 11.6 Å². The third-order valence-corrected chi connectivity index (χ3v) is 4.98. The Hall–Kier alpha value is -2.06. The number of nitrogens with one attached hydrogen (secondary N) is 2. The number of rotatable bonds is 6. The zero-order chi connectivity index (χ0) is 20.1. The zero-order valence-electron chi connectivity index (χ0n) is 15.7. The molecule has 9 heteroatoms. The normalized spacial score (nSPS) is 12.2. The van der Waals surface area contributed by atoms with Crippen LogP contribution in [0.3, 0.4) is 0 Å². The van der Waals surface area contributed by atoms with Crippen LogP contribution in [0.2, 0.25) is 5.02 Å². The molecule has 7 nitrogen and oxygen atoms in total. The van der Waals surface area contributed by atoms with Crippen LogP contribution in [-0.4, -0.2) is 33.3 Å². The summed E-state index contributed by atoms with van der Waals surface area (Å²) in [5.74, 6) is -0.240. The third-order valence-electron chi connectivity index (χ3n) is 3.66. The molecule has 0 radical (unpaired) electrons. The van der Waals surface area contributed by atoms with Crippen LogP contribution in [0.1, 0.15) is 27.7 Å². The van der Waals surface area contributed by atoms with Crippen LogP contribution >= 0.6 is 23.4 Å². The Morgan fingerprint density at radius 2 is 2.00 bits per heavy atom. The number of fused-ring (bicyclic) bond motifs is 1. The number of carbonyl (C=O) groups is 2. The summed E-state index contributed by atoms with van der Waals surface area (Å²) in [5, 5.41) is 5.54. The standard InChI is InChI=1S/C18H23ClN4O3S/c1-5-20-17(26)22-15(24)11(4)27-18-21-14-8-12(19)6-7-13(14)16(25)23(18)9-10(2)3/h6-8,10-11H,5,9H2,1-4H3,(H2,20,22,24,26)/t11-/m1/s1. The van der Waals surface area contributed by atoms with Crippen molar-refractivity contribution in [2.75, 3.05) is 6.54 Å². The highest BCUT2D eigenvalue weighted by atomic mass is 35.5. The molecule has 0 saturated carbocycles. The van der Waals surface area contributed by atoms with E-state index < -0.39 is 17.2 Å². The monoisotopic (exact) mass is 410 g/mol. The number of hydrogen-bond acceptors (Lipinski definition) is 5. The average Bonchev–Trinajstić information content (AvgIpc) is 2.57. The Bertz CT molecular complexity index is 913. The quantitative estimate of drug-likeness (QED) is 0.564. The minimum atomic E-state index is -0.616. The molecule has 0 saturated heterocycles. The van der Waals surface area contributed by atoms with Crippen molar-refractivity contribution in [1.82, 2.24) is 20.2 Å². The fourth-order valence-corrected chi connectivity index (χ4v) is 3.50. The summed E-state index contributed by atoms with van der Waals surface area (Å²) < 4.78 is 1.57. The second-order valence-electron chi connectivity index (χ2n) is 6.47. The molecular formula is C18H23ClN4O3S. The minimum Gasteiger partial charge on any atom is -0.338 e. The SMILES string of the molecule is CCNC(=O)NC(=O)[C@@H](C)Sc1nc2cc(Cl)ccc2c(=O)n1CC(C)C. The lowest BCUT2D eigenvalue weighted by molar-refractivity contribution is -0.119. The van der Waals surface area contributed by atoms with E-state index in [2.05, 4.69) is 15.6 Å². The molecule has 0 spiro atoms. The molecule has 2 N–H and O–H groups in total. The molecule has 2 rings (SSSR count). The third kappa shape index (κ3) is 5.46. The molecule has 0 aliphatic rings. The predicted molar refractivity (Wildman–Crippen MR) is 108 cm³/mol. The molecule has 2 aromatic rings. The summed E-state index contributed by atoms with van der Waals surface area (Å²) in [5.41, 5.74) is 0.301. The number of hydrogen-bond donors (Lipinski definition) is 2. The smallest absolute Gasteiger partial charge is 0.321 e. The fourth-order valence-electron chi connectivity index (χ4n) is 2.42. The van der Waals surface area contributed by atoms with Crippen LogP contribution in [0.15, 0.2) is 28.2 Å². The zero-order valence-corrected chi connectivity index (χ0v) is 17.3. The van der Waals surface area contributed by atoms with E-state index in [0.29, 0.717) is 34.2 Å². The molecule has 0 unspecified atom stereocenters. The van der Waals surface area contributed by atoms with Crippen LogP contribution < -0.4 is 16.2 Å². The van der Waals surface area contributed by atoms with E-state index in [9.17, 15) is 14.4 Å². The van der Waals surface area contributed by atoms with Gasteiger partial charge in [0.15, 0.2) is 5.16 Å². The first-order valence-electron chi connectivity index (χ1n) is 8.68. The highest BCUT2D eigenvalue weighted by molar-refractivity contribution is 8.00. The summed E-state index contributed by atoms with van der Waals surface area (Å²) in [6.07, 6.45) is 0. The van der Waals surface area contributed by atoms with Gasteiger partial charge in [-0.15, -0.1) is 0 Å². The Morgan fingerprint density at radius 1 is 1.30 bits per heavy atom. The van der Waals surface area contributed by atoms with Crippen molar-refractivity contribution in [2.45, 2.75) is 44.6 Å². The van der Waals surface area contributed by atoms with Gasteiger partial charge in [0.1, 0.15) is 0 Å². The first-order valence-corrected chi connectivity index (χ1v) is 9.94. The summed E-state index contributed by atoms with van der Waals surface area (Å²) in [4.78, 5) is 41.3. The second-order valence-corrected chi connectivity index (χ2v) is 8.22. The predicted octanol–water partition coefficient (Wildman–Crippen LogP) is 3.03. The maximum Gasteiger partial charge on any atom is 0.321 e. The first-order chi connectivity index (χ1) is 12.7. The highest BCUT2D eigenvalue weighted by Crippen LogP contribution is 2.24. The van der Waals surface area contributed by atoms with Gasteiger partial charge in [-0.1, -0.05) is 37.2 Å². The van der Waals surface area contributed by atoms with E-state index >= 15 is 0 Å². The maximum atomic E-state index is 12.9. The van der Waals surface area contributed by atoms with E-state index in [1.54, 1.807) is 36.6 Å². The van der Waals surface area contributed by atoms with Gasteiger partial charge >= 0.3 is 6.03 Å². The van der Waals surface area contributed by atoms with Gasteiger partial charge in [0, 0.05) is 18.1 Å². The van der Waals surface area contributed by atoms with Crippen molar-refractivity contribution in [1.29, 1.82) is 0 Å². The van der Waals surface area contributed by atoms with Gasteiger partial charge in [0.05, 0.1) is 16.2 Å². The van der Waals surface area contributed by atoms with Gasteiger partial charge < -0.3 is 5.32 Å². The van der Waals surface area contributed by atoms with Crippen molar-refractivity contribution in [3.8, 4) is 0 Å². The molecule has 0 aliphatic carbocycles. The lowest BCUT2D eigenvalue weighted by Gasteiger charge is -2.17. The molecule has 1 aromatic heterocycles. The van der Waals surface area contributed by atoms with Gasteiger partial charge in [-0.05, 0) is 38.0 Å². The van der Waals surface area contributed by atoms with Gasteiger partial charge in [-0.25, -0.2) is 9.78 Å². The molecule has 0 fully saturated rings. The van der Waals surface area contributed by atoms with Gasteiger partial charge in [0.2, 0.25) is 5.91 Å². The molecule has 1 atom stereocenters. The van der Waals surface area contributed by atoms with E-state index in [1.807, 2.05) is 13.8 Å². The van der Waals surface area contributed by atoms with Crippen LogP contribution in [0, 0.1) is 5.92 Å². The summed E-state index contributed by atoms with van der Waals surface area (Å²) in [6, 6.07) is 4.39. The summed E-state index contributed by atoms with van der Waals surface area (Å²) >= 11 is 7.16. The number of nitrogens with zero attached hydrogens (tertiary/aromatic N) is 2. The van der Waals surface area contributed by atoms with E-state index in [1.165, 1.54) is 0 Å². The molecular weight excluding hydrogens is 388 g/mol. The molecule has 0 aliphatic heterocycles. The largest absolute Gasteiger partial charge is 0.338 e. The topological polar surface area (TPSA) is 93.1 Å². The average molecular weight is 411 g/mol. The van der Waals surface area contributed by atoms with Crippen molar-refractivity contribution in [2.24, 2.45) is 5.92 Å². The number of thioether (sulfide) groups is 1. The summed E-state index contributed by atoms with van der Waals surface area (Å²) in [7, 11) is 0. The van der Waals surface area contributed by atoms with E-state index in [0.717, 1.165) is 11.8 Å². The van der Waals surface area contributed by atoms with Crippen molar-refractivity contribution in [3.63, 3.8) is 0 Å². The molecule has 27 heavy (non-hydrogen) atoms. The van der Waals surface area contributed by atoms with Gasteiger partial charge in [-0.2, -0.15) is 0 Å². The van der Waals surface area contributed by atoms with Gasteiger partial charge in [-0.3, -0.25) is 19.5 Å². The lowest BCUT2D eigenvalue weighted by Crippen LogP contribution is -2.42. The van der Waals surface area contributed by atoms with E-state index in [-0.39, 0.29) is 11.5 Å². The Morgan fingerprint density at radius 3 is 2.63 bits per heavy atom. The van der Waals surface area contributed by atoms with Crippen LogP contribution in [0.5, 0.6) is 0 Å². The van der Waals surface area contributed by atoms with Crippen molar-refractivity contribution < 1.29 is 9.59 Å². The Balaban J connectivity index is 2.38. The second kappa shape index (κ2) is 9.23. The lowest BCUT2D eigenvalue weighted by atomic mass is 10.2. The number of amides is 3. The molecule has 1 heterocycles. The number of aromatic nitrogens is 2. The highest BCUT2D eigenvalue weighted by Gasteiger charge is 2.21. The minimum absolute atomic E-state index is 0.177. The van der Waals surface area contributed by atoms with Crippen LogP contribution in [0.25, 0.3) is 10.9 Å². The number of imide groups is 1.